The average molecular weight is 321 g/mol. The number of rotatable bonds is 3. The van der Waals surface area contributed by atoms with Crippen molar-refractivity contribution in [3.05, 3.63) is 29.1 Å². The summed E-state index contributed by atoms with van der Waals surface area (Å²) in [7, 11) is 1.12. The summed E-state index contributed by atoms with van der Waals surface area (Å²) < 4.78 is 41.7. The van der Waals surface area contributed by atoms with E-state index in [-0.39, 0.29) is 17.2 Å². The third-order valence-corrected chi connectivity index (χ3v) is 4.82. The molecule has 0 unspecified atom stereocenters. The first-order chi connectivity index (χ1) is 9.29. The average Bonchev–Trinajstić information content (AvgIpc) is 2.83. The lowest BCUT2D eigenvalue weighted by Crippen LogP contribution is -2.15. The van der Waals surface area contributed by atoms with Gasteiger partial charge in [0.15, 0.2) is 0 Å². The third kappa shape index (κ3) is 3.30. The van der Waals surface area contributed by atoms with Gasteiger partial charge in [0.25, 0.3) is 9.05 Å². The molecule has 0 heterocycles. The van der Waals surface area contributed by atoms with Crippen LogP contribution in [0.15, 0.2) is 17.0 Å². The van der Waals surface area contributed by atoms with E-state index in [9.17, 15) is 17.6 Å². The van der Waals surface area contributed by atoms with Gasteiger partial charge in [0.05, 0.1) is 10.5 Å². The zero-order valence-electron chi connectivity index (χ0n) is 10.9. The molecular weight excluding hydrogens is 307 g/mol. The molecule has 0 aromatic heterocycles. The molecule has 0 saturated heterocycles. The Morgan fingerprint density at radius 2 is 1.95 bits per heavy atom. The summed E-state index contributed by atoms with van der Waals surface area (Å²) in [6.07, 6.45) is 3.35. The molecule has 0 spiro atoms. The standard InChI is InChI=1S/C13H14ClFO4S/c1-8-11(15)6-9(7-12(8)20(14,17)18)13(16)19-10-4-2-3-5-10/h6-7,10H,2-5H2,1H3. The maximum Gasteiger partial charge on any atom is 0.338 e. The molecule has 0 aliphatic heterocycles. The van der Waals surface area contributed by atoms with Crippen LogP contribution in [0.5, 0.6) is 0 Å². The summed E-state index contributed by atoms with van der Waals surface area (Å²) in [5, 5.41) is 0. The molecule has 1 aliphatic rings. The van der Waals surface area contributed by atoms with Crippen molar-refractivity contribution in [1.82, 2.24) is 0 Å². The molecule has 0 radical (unpaired) electrons. The SMILES string of the molecule is Cc1c(F)cc(C(=O)OC2CCCC2)cc1S(=O)(=O)Cl. The second-order valence-corrected chi connectivity index (χ2v) is 7.37. The fourth-order valence-electron chi connectivity index (χ4n) is 2.25. The van der Waals surface area contributed by atoms with Crippen molar-refractivity contribution in [3.63, 3.8) is 0 Å². The van der Waals surface area contributed by atoms with E-state index < -0.39 is 25.7 Å². The Bertz CT molecular complexity index is 636. The van der Waals surface area contributed by atoms with Gasteiger partial charge >= 0.3 is 5.97 Å². The minimum absolute atomic E-state index is 0.114. The number of benzene rings is 1. The normalized spacial score (nSPS) is 16.4. The van der Waals surface area contributed by atoms with Gasteiger partial charge in [-0.25, -0.2) is 17.6 Å². The Hall–Kier alpha value is -1.14. The fraction of sp³-hybridized carbons (Fsp3) is 0.462. The predicted octanol–water partition coefficient (Wildman–Crippen LogP) is 3.16. The molecule has 0 bridgehead atoms. The van der Waals surface area contributed by atoms with Crippen LogP contribution in [0.3, 0.4) is 0 Å². The number of hydrogen-bond acceptors (Lipinski definition) is 4. The summed E-state index contributed by atoms with van der Waals surface area (Å²) in [4.78, 5) is 11.5. The Kier molecular flexibility index (Phi) is 4.34. The lowest BCUT2D eigenvalue weighted by atomic mass is 10.1. The van der Waals surface area contributed by atoms with E-state index in [0.717, 1.165) is 37.8 Å². The molecule has 2 rings (SSSR count). The van der Waals surface area contributed by atoms with Crippen LogP contribution in [-0.4, -0.2) is 20.5 Å². The molecule has 4 nitrogen and oxygen atoms in total. The van der Waals surface area contributed by atoms with Gasteiger partial charge in [0, 0.05) is 16.2 Å². The van der Waals surface area contributed by atoms with Crippen LogP contribution in [0, 0.1) is 12.7 Å². The molecule has 0 N–H and O–H groups in total. The van der Waals surface area contributed by atoms with Crippen molar-refractivity contribution in [3.8, 4) is 0 Å². The molecule has 7 heteroatoms. The number of halogens is 2. The van der Waals surface area contributed by atoms with Crippen molar-refractivity contribution >= 4 is 25.7 Å². The lowest BCUT2D eigenvalue weighted by Gasteiger charge is -2.12. The highest BCUT2D eigenvalue weighted by Gasteiger charge is 2.24. The quantitative estimate of drug-likeness (QED) is 0.634. The number of carbonyl (C=O) groups excluding carboxylic acids is 1. The van der Waals surface area contributed by atoms with Crippen molar-refractivity contribution in [2.45, 2.75) is 43.6 Å². The smallest absolute Gasteiger partial charge is 0.338 e. The van der Waals surface area contributed by atoms with E-state index in [1.807, 2.05) is 0 Å². The monoisotopic (exact) mass is 320 g/mol. The summed E-state index contributed by atoms with van der Waals surface area (Å²) in [6, 6.07) is 2.02. The van der Waals surface area contributed by atoms with Crippen LogP contribution in [0.2, 0.25) is 0 Å². The van der Waals surface area contributed by atoms with Gasteiger partial charge in [-0.3, -0.25) is 0 Å². The molecular formula is C13H14ClFO4S. The summed E-state index contributed by atoms with van der Waals surface area (Å²) in [5.74, 6) is -1.53. The lowest BCUT2D eigenvalue weighted by molar-refractivity contribution is 0.0317. The van der Waals surface area contributed by atoms with Crippen molar-refractivity contribution < 1.29 is 22.3 Å². The highest BCUT2D eigenvalue weighted by Crippen LogP contribution is 2.26. The number of ether oxygens (including phenoxy) is 1. The first-order valence-electron chi connectivity index (χ1n) is 6.25. The van der Waals surface area contributed by atoms with Crippen molar-refractivity contribution in [2.75, 3.05) is 0 Å². The second kappa shape index (κ2) is 5.69. The summed E-state index contributed by atoms with van der Waals surface area (Å²) in [5.41, 5.74) is -0.253. The van der Waals surface area contributed by atoms with E-state index in [4.69, 9.17) is 15.4 Å². The number of esters is 1. The Balaban J connectivity index is 2.32. The Labute approximate surface area is 121 Å². The molecule has 0 atom stereocenters. The summed E-state index contributed by atoms with van der Waals surface area (Å²) >= 11 is 0. The van der Waals surface area contributed by atoms with Crippen LogP contribution in [0.4, 0.5) is 4.39 Å². The predicted molar refractivity (Wildman–Crippen MR) is 71.8 cm³/mol. The largest absolute Gasteiger partial charge is 0.459 e. The summed E-state index contributed by atoms with van der Waals surface area (Å²) in [6.45, 7) is 1.29. The first-order valence-corrected chi connectivity index (χ1v) is 8.56. The highest BCUT2D eigenvalue weighted by atomic mass is 35.7. The first kappa shape index (κ1) is 15.3. The van der Waals surface area contributed by atoms with Gasteiger partial charge in [-0.2, -0.15) is 0 Å². The van der Waals surface area contributed by atoms with Crippen LogP contribution in [0.25, 0.3) is 0 Å². The maximum absolute atomic E-state index is 13.7. The second-order valence-electron chi connectivity index (χ2n) is 4.83. The molecule has 1 aromatic rings. The molecule has 1 aromatic carbocycles. The van der Waals surface area contributed by atoms with Gasteiger partial charge in [-0.1, -0.05) is 0 Å². The fourth-order valence-corrected chi connectivity index (χ4v) is 3.46. The molecule has 1 fully saturated rings. The van der Waals surface area contributed by atoms with E-state index in [1.54, 1.807) is 0 Å². The Morgan fingerprint density at radius 3 is 2.50 bits per heavy atom. The zero-order chi connectivity index (χ0) is 14.9. The molecule has 1 saturated carbocycles. The molecule has 20 heavy (non-hydrogen) atoms. The molecule has 110 valence electrons. The molecule has 1 aliphatic carbocycles. The van der Waals surface area contributed by atoms with E-state index >= 15 is 0 Å². The van der Waals surface area contributed by atoms with Gasteiger partial charge in [0.2, 0.25) is 0 Å². The minimum atomic E-state index is -4.11. The van der Waals surface area contributed by atoms with Crippen LogP contribution in [-0.2, 0) is 13.8 Å². The van der Waals surface area contributed by atoms with Crippen LogP contribution >= 0.6 is 10.7 Å². The van der Waals surface area contributed by atoms with Crippen LogP contribution < -0.4 is 0 Å². The maximum atomic E-state index is 13.7. The Morgan fingerprint density at radius 1 is 1.35 bits per heavy atom. The van der Waals surface area contributed by atoms with Gasteiger partial charge in [-0.15, -0.1) is 0 Å². The zero-order valence-corrected chi connectivity index (χ0v) is 12.4. The van der Waals surface area contributed by atoms with Crippen LogP contribution in [0.1, 0.15) is 41.6 Å². The topological polar surface area (TPSA) is 60.4 Å². The highest BCUT2D eigenvalue weighted by molar-refractivity contribution is 8.13. The van der Waals surface area contributed by atoms with E-state index in [0.29, 0.717) is 0 Å². The van der Waals surface area contributed by atoms with Gasteiger partial charge in [-0.05, 0) is 44.7 Å². The van der Waals surface area contributed by atoms with Gasteiger partial charge in [0.1, 0.15) is 11.9 Å². The minimum Gasteiger partial charge on any atom is -0.459 e. The number of carbonyl (C=O) groups is 1. The molecule has 0 amide bonds. The number of hydrogen-bond donors (Lipinski definition) is 0. The van der Waals surface area contributed by atoms with Crippen molar-refractivity contribution in [1.29, 1.82) is 0 Å². The van der Waals surface area contributed by atoms with E-state index in [2.05, 4.69) is 0 Å². The van der Waals surface area contributed by atoms with Crippen molar-refractivity contribution in [2.24, 2.45) is 0 Å². The van der Waals surface area contributed by atoms with Gasteiger partial charge < -0.3 is 4.74 Å². The third-order valence-electron chi connectivity index (χ3n) is 3.37. The van der Waals surface area contributed by atoms with E-state index in [1.165, 1.54) is 6.92 Å².